The lowest BCUT2D eigenvalue weighted by Gasteiger charge is -2.29. The standard InChI is InChI=1S/C23H22FNS/c1-23(2,3)17-11-5-6-13-19(17)25(4)20-14-8-10-16-15-9-7-12-18(24)21(15)26-22(16)20/h5-14H,1-4H3. The Bertz CT molecular complexity index is 1100. The predicted octanol–water partition coefficient (Wildman–Crippen LogP) is 7.26. The van der Waals surface area contributed by atoms with Crippen LogP contribution in [0.15, 0.2) is 60.7 Å². The number of anilines is 2. The third-order valence-electron chi connectivity index (χ3n) is 4.89. The van der Waals surface area contributed by atoms with Gasteiger partial charge in [-0.25, -0.2) is 4.39 Å². The smallest absolute Gasteiger partial charge is 0.141 e. The van der Waals surface area contributed by atoms with E-state index in [0.717, 1.165) is 25.9 Å². The van der Waals surface area contributed by atoms with Gasteiger partial charge in [0.1, 0.15) is 5.82 Å². The number of fused-ring (bicyclic) bond motifs is 3. The molecule has 4 aromatic rings. The summed E-state index contributed by atoms with van der Waals surface area (Å²) in [5.41, 5.74) is 3.64. The summed E-state index contributed by atoms with van der Waals surface area (Å²) in [6, 6.07) is 20.1. The lowest BCUT2D eigenvalue weighted by Crippen LogP contribution is -2.19. The van der Waals surface area contributed by atoms with Crippen LogP contribution in [0.1, 0.15) is 26.3 Å². The fourth-order valence-corrected chi connectivity index (χ4v) is 4.82. The van der Waals surface area contributed by atoms with Crippen LogP contribution in [0.25, 0.3) is 20.2 Å². The molecule has 1 heterocycles. The van der Waals surface area contributed by atoms with E-state index in [2.05, 4.69) is 75.2 Å². The number of rotatable bonds is 2. The van der Waals surface area contributed by atoms with Crippen molar-refractivity contribution in [3.8, 4) is 0 Å². The molecule has 0 saturated heterocycles. The molecule has 0 unspecified atom stereocenters. The van der Waals surface area contributed by atoms with Gasteiger partial charge in [0.2, 0.25) is 0 Å². The van der Waals surface area contributed by atoms with Crippen LogP contribution in [0.5, 0.6) is 0 Å². The first-order chi connectivity index (χ1) is 12.4. The van der Waals surface area contributed by atoms with Gasteiger partial charge < -0.3 is 4.90 Å². The molecule has 1 aromatic heterocycles. The van der Waals surface area contributed by atoms with Gasteiger partial charge in [-0.05, 0) is 29.2 Å². The topological polar surface area (TPSA) is 3.24 Å². The zero-order valence-corrected chi connectivity index (χ0v) is 16.3. The molecule has 0 aliphatic carbocycles. The highest BCUT2D eigenvalue weighted by Gasteiger charge is 2.21. The molecule has 0 radical (unpaired) electrons. The van der Waals surface area contributed by atoms with Gasteiger partial charge in [0, 0.05) is 23.5 Å². The molecule has 0 amide bonds. The van der Waals surface area contributed by atoms with Crippen molar-refractivity contribution in [3.63, 3.8) is 0 Å². The summed E-state index contributed by atoms with van der Waals surface area (Å²) >= 11 is 1.53. The molecular weight excluding hydrogens is 341 g/mol. The van der Waals surface area contributed by atoms with Gasteiger partial charge in [-0.2, -0.15) is 0 Å². The third-order valence-corrected chi connectivity index (χ3v) is 6.14. The highest BCUT2D eigenvalue weighted by atomic mass is 32.1. The first kappa shape index (κ1) is 17.0. The molecular formula is C23H22FNS. The van der Waals surface area contributed by atoms with E-state index in [9.17, 15) is 4.39 Å². The minimum Gasteiger partial charge on any atom is -0.343 e. The molecule has 3 heteroatoms. The number of hydrogen-bond acceptors (Lipinski definition) is 2. The number of hydrogen-bond donors (Lipinski definition) is 0. The van der Waals surface area contributed by atoms with Gasteiger partial charge in [0.15, 0.2) is 0 Å². The Morgan fingerprint density at radius 2 is 1.38 bits per heavy atom. The number of para-hydroxylation sites is 1. The molecule has 26 heavy (non-hydrogen) atoms. The van der Waals surface area contributed by atoms with Crippen molar-refractivity contribution in [2.75, 3.05) is 11.9 Å². The monoisotopic (exact) mass is 363 g/mol. The zero-order chi connectivity index (χ0) is 18.5. The summed E-state index contributed by atoms with van der Waals surface area (Å²) in [4.78, 5) is 2.23. The maximum Gasteiger partial charge on any atom is 0.141 e. The number of benzene rings is 3. The maximum absolute atomic E-state index is 14.3. The van der Waals surface area contributed by atoms with Crippen LogP contribution in [0, 0.1) is 5.82 Å². The summed E-state index contributed by atoms with van der Waals surface area (Å²) in [6.45, 7) is 6.69. The van der Waals surface area contributed by atoms with Crippen LogP contribution in [-0.2, 0) is 5.41 Å². The Kier molecular flexibility index (Phi) is 4.00. The lowest BCUT2D eigenvalue weighted by molar-refractivity contribution is 0.590. The molecule has 0 atom stereocenters. The molecule has 1 nitrogen and oxygen atoms in total. The van der Waals surface area contributed by atoms with Crippen molar-refractivity contribution in [2.45, 2.75) is 26.2 Å². The Labute approximate surface area is 157 Å². The third kappa shape index (κ3) is 2.67. The Balaban J connectivity index is 1.96. The minimum absolute atomic E-state index is 0.0466. The summed E-state index contributed by atoms with van der Waals surface area (Å²) < 4.78 is 16.2. The largest absolute Gasteiger partial charge is 0.343 e. The quantitative estimate of drug-likeness (QED) is 0.362. The normalized spacial score (nSPS) is 12.0. The molecule has 0 spiro atoms. The van der Waals surface area contributed by atoms with Crippen LogP contribution < -0.4 is 4.90 Å². The summed E-state index contributed by atoms with van der Waals surface area (Å²) in [5.74, 6) is -0.146. The fourth-order valence-electron chi connectivity index (χ4n) is 3.57. The van der Waals surface area contributed by atoms with Gasteiger partial charge in [0.05, 0.1) is 15.1 Å². The maximum atomic E-state index is 14.3. The van der Waals surface area contributed by atoms with Crippen LogP contribution in [-0.4, -0.2) is 7.05 Å². The molecule has 0 fully saturated rings. The number of thiophene rings is 1. The SMILES string of the molecule is CN(c1ccccc1C(C)(C)C)c1cccc2c1sc1c(F)cccc12. The van der Waals surface area contributed by atoms with Crippen molar-refractivity contribution in [1.82, 2.24) is 0 Å². The first-order valence-electron chi connectivity index (χ1n) is 8.81. The van der Waals surface area contributed by atoms with Crippen LogP contribution in [0.4, 0.5) is 15.8 Å². The van der Waals surface area contributed by atoms with Gasteiger partial charge in [-0.3, -0.25) is 0 Å². The molecule has 0 aliphatic heterocycles. The summed E-state index contributed by atoms with van der Waals surface area (Å²) in [7, 11) is 2.10. The zero-order valence-electron chi connectivity index (χ0n) is 15.5. The average Bonchev–Trinajstić information content (AvgIpc) is 3.01. The van der Waals surface area contributed by atoms with Gasteiger partial charge >= 0.3 is 0 Å². The minimum atomic E-state index is -0.146. The van der Waals surface area contributed by atoms with Gasteiger partial charge in [-0.15, -0.1) is 11.3 Å². The van der Waals surface area contributed by atoms with Gasteiger partial charge in [0.25, 0.3) is 0 Å². The molecule has 4 rings (SSSR count). The second-order valence-corrected chi connectivity index (χ2v) is 8.72. The summed E-state index contributed by atoms with van der Waals surface area (Å²) in [6.07, 6.45) is 0. The molecule has 0 bridgehead atoms. The molecule has 0 N–H and O–H groups in total. The fraction of sp³-hybridized carbons (Fsp3) is 0.217. The van der Waals surface area contributed by atoms with Crippen molar-refractivity contribution in [3.05, 3.63) is 72.0 Å². The van der Waals surface area contributed by atoms with E-state index < -0.39 is 0 Å². The van der Waals surface area contributed by atoms with E-state index in [1.807, 2.05) is 6.07 Å². The van der Waals surface area contributed by atoms with E-state index in [-0.39, 0.29) is 11.2 Å². The van der Waals surface area contributed by atoms with Crippen LogP contribution >= 0.6 is 11.3 Å². The van der Waals surface area contributed by atoms with Crippen molar-refractivity contribution in [2.24, 2.45) is 0 Å². The average molecular weight is 364 g/mol. The lowest BCUT2D eigenvalue weighted by atomic mass is 9.85. The van der Waals surface area contributed by atoms with Crippen molar-refractivity contribution >= 4 is 42.9 Å². The van der Waals surface area contributed by atoms with Gasteiger partial charge in [-0.1, -0.05) is 63.2 Å². The molecule has 0 aliphatic rings. The van der Waals surface area contributed by atoms with E-state index in [4.69, 9.17) is 0 Å². The predicted molar refractivity (Wildman–Crippen MR) is 112 cm³/mol. The molecule has 132 valence electrons. The first-order valence-corrected chi connectivity index (χ1v) is 9.62. The van der Waals surface area contributed by atoms with Crippen molar-refractivity contribution in [1.29, 1.82) is 0 Å². The van der Waals surface area contributed by atoms with Crippen LogP contribution in [0.3, 0.4) is 0 Å². The van der Waals surface area contributed by atoms with Crippen LogP contribution in [0.2, 0.25) is 0 Å². The van der Waals surface area contributed by atoms with E-state index in [1.165, 1.54) is 28.7 Å². The number of nitrogens with zero attached hydrogens (tertiary/aromatic N) is 1. The highest BCUT2D eigenvalue weighted by Crippen LogP contribution is 2.43. The summed E-state index contributed by atoms with van der Waals surface area (Å²) in [5, 5.41) is 2.10. The Hall–Kier alpha value is -2.39. The highest BCUT2D eigenvalue weighted by molar-refractivity contribution is 7.26. The van der Waals surface area contributed by atoms with E-state index in [0.29, 0.717) is 0 Å². The van der Waals surface area contributed by atoms with E-state index in [1.54, 1.807) is 6.07 Å². The molecule has 3 aromatic carbocycles. The molecule has 0 saturated carbocycles. The Morgan fingerprint density at radius 3 is 2.12 bits per heavy atom. The second-order valence-electron chi connectivity index (χ2n) is 7.70. The van der Waals surface area contributed by atoms with E-state index >= 15 is 0 Å². The van der Waals surface area contributed by atoms with Crippen molar-refractivity contribution < 1.29 is 4.39 Å². The second kappa shape index (κ2) is 6.10. The Morgan fingerprint density at radius 1 is 0.769 bits per heavy atom. The number of halogens is 1.